The molecule has 0 atom stereocenters. The summed E-state index contributed by atoms with van der Waals surface area (Å²) >= 11 is 7.83. The van der Waals surface area contributed by atoms with Gasteiger partial charge in [-0.15, -0.1) is 0 Å². The largest absolute Gasteiger partial charge is 0.228 e. The summed E-state index contributed by atoms with van der Waals surface area (Å²) in [5.74, 6) is 0.688. The lowest BCUT2D eigenvalue weighted by Crippen LogP contribution is -1.91. The molecule has 2 heterocycles. The molecule has 17 heavy (non-hydrogen) atoms. The third-order valence-electron chi connectivity index (χ3n) is 2.58. The molecule has 0 radical (unpaired) electrons. The Labute approximate surface area is 108 Å². The maximum atomic E-state index is 6.20. The first-order valence-corrected chi connectivity index (χ1v) is 6.52. The van der Waals surface area contributed by atoms with Crippen molar-refractivity contribution in [3.63, 3.8) is 0 Å². The molecule has 0 bridgehead atoms. The number of hydrogen-bond donors (Lipinski definition) is 0. The monoisotopic (exact) mass is 260 g/mol. The molecule has 3 aromatic rings. The van der Waals surface area contributed by atoms with E-state index in [1.807, 2.05) is 41.9 Å². The van der Waals surface area contributed by atoms with Crippen molar-refractivity contribution >= 4 is 33.8 Å². The first-order chi connectivity index (χ1) is 8.24. The molecule has 84 valence electrons. The van der Waals surface area contributed by atoms with Gasteiger partial charge in [0.2, 0.25) is 0 Å². The fourth-order valence-corrected chi connectivity index (χ4v) is 2.59. The molecule has 0 aliphatic heterocycles. The van der Waals surface area contributed by atoms with E-state index in [0.29, 0.717) is 11.0 Å². The Bertz CT molecular complexity index is 677. The molecule has 0 amide bonds. The molecule has 2 nitrogen and oxygen atoms in total. The van der Waals surface area contributed by atoms with Gasteiger partial charge < -0.3 is 0 Å². The van der Waals surface area contributed by atoms with Gasteiger partial charge in [-0.2, -0.15) is 11.3 Å². The van der Waals surface area contributed by atoms with Crippen LogP contribution < -0.4 is 0 Å². The fraction of sp³-hybridized carbons (Fsp3) is 0.0769. The number of aryl methyl sites for hydroxylation is 1. The second-order valence-corrected chi connectivity index (χ2v) is 5.01. The van der Waals surface area contributed by atoms with Crippen LogP contribution in [-0.4, -0.2) is 9.97 Å². The average molecular weight is 261 g/mol. The number of aromatic nitrogens is 2. The molecule has 0 N–H and O–H groups in total. The van der Waals surface area contributed by atoms with Gasteiger partial charge in [-0.3, -0.25) is 0 Å². The molecule has 0 aliphatic carbocycles. The zero-order chi connectivity index (χ0) is 11.8. The van der Waals surface area contributed by atoms with Crippen LogP contribution in [0.4, 0.5) is 0 Å². The molecule has 0 fully saturated rings. The van der Waals surface area contributed by atoms with E-state index < -0.39 is 0 Å². The van der Waals surface area contributed by atoms with Crippen molar-refractivity contribution in [3.05, 3.63) is 45.7 Å². The molecule has 1 aromatic carbocycles. The van der Waals surface area contributed by atoms with E-state index in [4.69, 9.17) is 11.6 Å². The second-order valence-electron chi connectivity index (χ2n) is 3.87. The summed E-state index contributed by atoms with van der Waals surface area (Å²) in [6, 6.07) is 8.02. The average Bonchev–Trinajstić information content (AvgIpc) is 2.83. The van der Waals surface area contributed by atoms with Crippen LogP contribution in [0.3, 0.4) is 0 Å². The predicted octanol–water partition coefficient (Wildman–Crippen LogP) is 4.32. The van der Waals surface area contributed by atoms with E-state index in [-0.39, 0.29) is 0 Å². The lowest BCUT2D eigenvalue weighted by Gasteiger charge is -2.03. The van der Waals surface area contributed by atoms with E-state index in [0.717, 1.165) is 22.0 Å². The standard InChI is InChI=1S/C13H9ClN2S/c1-8-2-3-11-10(6-8)12(14)16-13(15-11)9-4-5-17-7-9/h2-7H,1H3. The van der Waals surface area contributed by atoms with Gasteiger partial charge in [-0.1, -0.05) is 23.2 Å². The summed E-state index contributed by atoms with van der Waals surface area (Å²) in [4.78, 5) is 8.88. The first-order valence-electron chi connectivity index (χ1n) is 5.20. The summed E-state index contributed by atoms with van der Waals surface area (Å²) in [6.45, 7) is 2.03. The number of hydrogen-bond acceptors (Lipinski definition) is 3. The highest BCUT2D eigenvalue weighted by molar-refractivity contribution is 7.08. The summed E-state index contributed by atoms with van der Waals surface area (Å²) in [5, 5.41) is 5.45. The minimum Gasteiger partial charge on any atom is -0.228 e. The number of benzene rings is 1. The van der Waals surface area contributed by atoms with E-state index in [2.05, 4.69) is 9.97 Å². The SMILES string of the molecule is Cc1ccc2nc(-c3ccsc3)nc(Cl)c2c1. The van der Waals surface area contributed by atoms with Crippen molar-refractivity contribution < 1.29 is 0 Å². The van der Waals surface area contributed by atoms with Gasteiger partial charge in [0.15, 0.2) is 5.82 Å². The Morgan fingerprint density at radius 2 is 2.06 bits per heavy atom. The van der Waals surface area contributed by atoms with Crippen molar-refractivity contribution in [1.82, 2.24) is 9.97 Å². The smallest absolute Gasteiger partial charge is 0.162 e. The van der Waals surface area contributed by atoms with Crippen LogP contribution in [0, 0.1) is 6.92 Å². The number of halogens is 1. The van der Waals surface area contributed by atoms with Gasteiger partial charge in [-0.25, -0.2) is 9.97 Å². The van der Waals surface area contributed by atoms with Crippen LogP contribution in [-0.2, 0) is 0 Å². The fourth-order valence-electron chi connectivity index (χ4n) is 1.73. The van der Waals surface area contributed by atoms with E-state index in [1.54, 1.807) is 11.3 Å². The van der Waals surface area contributed by atoms with Gasteiger partial charge in [0.25, 0.3) is 0 Å². The molecule has 2 aromatic heterocycles. The minimum absolute atomic E-state index is 0.514. The van der Waals surface area contributed by atoms with Crippen molar-refractivity contribution in [2.45, 2.75) is 6.92 Å². The van der Waals surface area contributed by atoms with E-state index >= 15 is 0 Å². The maximum Gasteiger partial charge on any atom is 0.162 e. The highest BCUT2D eigenvalue weighted by atomic mass is 35.5. The highest BCUT2D eigenvalue weighted by Crippen LogP contribution is 2.26. The van der Waals surface area contributed by atoms with E-state index in [9.17, 15) is 0 Å². The minimum atomic E-state index is 0.514. The quantitative estimate of drug-likeness (QED) is 0.609. The Hall–Kier alpha value is -1.45. The van der Waals surface area contributed by atoms with Crippen LogP contribution in [0.5, 0.6) is 0 Å². The van der Waals surface area contributed by atoms with Crippen LogP contribution >= 0.6 is 22.9 Å². The number of rotatable bonds is 1. The molecule has 0 unspecified atom stereocenters. The second kappa shape index (κ2) is 4.09. The van der Waals surface area contributed by atoms with Crippen LogP contribution in [0.2, 0.25) is 5.15 Å². The van der Waals surface area contributed by atoms with Crippen molar-refractivity contribution in [2.75, 3.05) is 0 Å². The van der Waals surface area contributed by atoms with Crippen LogP contribution in [0.25, 0.3) is 22.3 Å². The van der Waals surface area contributed by atoms with Gasteiger partial charge in [-0.05, 0) is 30.5 Å². The molecule has 0 spiro atoms. The van der Waals surface area contributed by atoms with Crippen molar-refractivity contribution in [2.24, 2.45) is 0 Å². The molecular weight excluding hydrogens is 252 g/mol. The normalized spacial score (nSPS) is 10.9. The Morgan fingerprint density at radius 1 is 1.18 bits per heavy atom. The summed E-state index contributed by atoms with van der Waals surface area (Å²) in [7, 11) is 0. The van der Waals surface area contributed by atoms with E-state index in [1.165, 1.54) is 0 Å². The zero-order valence-corrected chi connectivity index (χ0v) is 10.7. The molecular formula is C13H9ClN2S. The molecule has 0 aliphatic rings. The third kappa shape index (κ3) is 1.92. The van der Waals surface area contributed by atoms with Crippen molar-refractivity contribution in [3.8, 4) is 11.4 Å². The lowest BCUT2D eigenvalue weighted by molar-refractivity contribution is 1.23. The van der Waals surface area contributed by atoms with Gasteiger partial charge in [0.1, 0.15) is 5.15 Å². The lowest BCUT2D eigenvalue weighted by atomic mass is 10.1. The van der Waals surface area contributed by atoms with Crippen LogP contribution in [0.15, 0.2) is 35.0 Å². The maximum absolute atomic E-state index is 6.20. The molecule has 3 rings (SSSR count). The van der Waals surface area contributed by atoms with Gasteiger partial charge in [0.05, 0.1) is 5.52 Å². The van der Waals surface area contributed by atoms with Gasteiger partial charge >= 0.3 is 0 Å². The molecule has 4 heteroatoms. The predicted molar refractivity (Wildman–Crippen MR) is 72.6 cm³/mol. The highest BCUT2D eigenvalue weighted by Gasteiger charge is 2.08. The molecule has 0 saturated carbocycles. The zero-order valence-electron chi connectivity index (χ0n) is 9.14. The van der Waals surface area contributed by atoms with Crippen molar-refractivity contribution in [1.29, 1.82) is 0 Å². The van der Waals surface area contributed by atoms with Crippen LogP contribution in [0.1, 0.15) is 5.56 Å². The number of fused-ring (bicyclic) bond motifs is 1. The Morgan fingerprint density at radius 3 is 2.82 bits per heavy atom. The third-order valence-corrected chi connectivity index (χ3v) is 3.56. The molecule has 0 saturated heterocycles. The Kier molecular flexibility index (Phi) is 2.57. The Balaban J connectivity index is 2.28. The summed E-state index contributed by atoms with van der Waals surface area (Å²) in [5.41, 5.74) is 3.06. The topological polar surface area (TPSA) is 25.8 Å². The first kappa shape index (κ1) is 10.7. The summed E-state index contributed by atoms with van der Waals surface area (Å²) < 4.78 is 0. The number of thiophene rings is 1. The number of nitrogens with zero attached hydrogens (tertiary/aromatic N) is 2. The summed E-state index contributed by atoms with van der Waals surface area (Å²) in [6.07, 6.45) is 0. The van der Waals surface area contributed by atoms with Gasteiger partial charge in [0, 0.05) is 16.3 Å².